The standard InChI is InChI=1S/C16H19FN4O5/c1-11(22)21(18-24)10-13-9-20(16(23)26-13)12-2-3-15(14(17)8-12)19-4-6-25-7-5-19/h2-3,8,13H,4-7,9-10H2,1H3/t13-/m1/s1. The largest absolute Gasteiger partial charge is 0.442 e. The highest BCUT2D eigenvalue weighted by Gasteiger charge is 2.35. The number of ether oxygens (including phenoxy) is 2. The summed E-state index contributed by atoms with van der Waals surface area (Å²) in [5.41, 5.74) is 0.800. The van der Waals surface area contributed by atoms with E-state index in [-0.39, 0.29) is 13.1 Å². The summed E-state index contributed by atoms with van der Waals surface area (Å²) in [4.78, 5) is 37.1. The van der Waals surface area contributed by atoms with Crippen LogP contribution in [-0.2, 0) is 14.3 Å². The van der Waals surface area contributed by atoms with E-state index in [1.807, 2.05) is 4.90 Å². The molecule has 0 N–H and O–H groups in total. The van der Waals surface area contributed by atoms with Gasteiger partial charge in [0, 0.05) is 20.0 Å². The van der Waals surface area contributed by atoms with Crippen molar-refractivity contribution in [2.75, 3.05) is 49.2 Å². The quantitative estimate of drug-likeness (QED) is 0.580. The molecule has 10 heteroatoms. The van der Waals surface area contributed by atoms with Gasteiger partial charge < -0.3 is 14.4 Å². The first-order chi connectivity index (χ1) is 12.5. The van der Waals surface area contributed by atoms with E-state index in [1.54, 1.807) is 12.1 Å². The van der Waals surface area contributed by atoms with E-state index in [9.17, 15) is 18.9 Å². The van der Waals surface area contributed by atoms with E-state index in [0.29, 0.717) is 42.7 Å². The lowest BCUT2D eigenvalue weighted by molar-refractivity contribution is -0.130. The van der Waals surface area contributed by atoms with Crippen molar-refractivity contribution in [3.05, 3.63) is 28.9 Å². The number of cyclic esters (lactones) is 1. The van der Waals surface area contributed by atoms with Crippen molar-refractivity contribution >= 4 is 23.4 Å². The summed E-state index contributed by atoms with van der Waals surface area (Å²) >= 11 is 0. The lowest BCUT2D eigenvalue weighted by Crippen LogP contribution is -2.36. The Morgan fingerprint density at radius 3 is 2.73 bits per heavy atom. The highest BCUT2D eigenvalue weighted by molar-refractivity contribution is 5.90. The summed E-state index contributed by atoms with van der Waals surface area (Å²) in [6.07, 6.45) is -1.38. The number of morpholine rings is 1. The number of anilines is 2. The Labute approximate surface area is 149 Å². The lowest BCUT2D eigenvalue weighted by Gasteiger charge is -2.29. The van der Waals surface area contributed by atoms with Crippen LogP contribution in [0.3, 0.4) is 0 Å². The van der Waals surface area contributed by atoms with E-state index in [0.717, 1.165) is 0 Å². The Bertz CT molecular complexity index is 710. The third-order valence-electron chi connectivity index (χ3n) is 4.31. The van der Waals surface area contributed by atoms with Crippen molar-refractivity contribution in [2.45, 2.75) is 13.0 Å². The number of halogens is 1. The van der Waals surface area contributed by atoms with Crippen LogP contribution in [0.1, 0.15) is 6.92 Å². The zero-order valence-electron chi connectivity index (χ0n) is 14.3. The van der Waals surface area contributed by atoms with E-state index < -0.39 is 23.9 Å². The lowest BCUT2D eigenvalue weighted by atomic mass is 10.2. The Morgan fingerprint density at radius 2 is 2.12 bits per heavy atom. The zero-order valence-corrected chi connectivity index (χ0v) is 14.3. The van der Waals surface area contributed by atoms with Crippen molar-refractivity contribution in [3.63, 3.8) is 0 Å². The molecule has 0 saturated carbocycles. The molecule has 0 spiro atoms. The number of nitrogens with zero attached hydrogens (tertiary/aromatic N) is 4. The predicted octanol–water partition coefficient (Wildman–Crippen LogP) is 1.52. The smallest absolute Gasteiger partial charge is 0.414 e. The molecule has 2 aliphatic heterocycles. The first kappa shape index (κ1) is 18.1. The van der Waals surface area contributed by atoms with Crippen molar-refractivity contribution in [1.82, 2.24) is 5.01 Å². The Hall–Kier alpha value is -2.75. The second kappa shape index (κ2) is 7.65. The van der Waals surface area contributed by atoms with Gasteiger partial charge in [0.25, 0.3) is 0 Å². The fourth-order valence-corrected chi connectivity index (χ4v) is 2.96. The highest BCUT2D eigenvalue weighted by Crippen LogP contribution is 2.28. The summed E-state index contributed by atoms with van der Waals surface area (Å²) in [5.74, 6) is -0.990. The van der Waals surface area contributed by atoms with Gasteiger partial charge in [-0.25, -0.2) is 9.18 Å². The van der Waals surface area contributed by atoms with Crippen LogP contribution in [0.4, 0.5) is 20.6 Å². The maximum Gasteiger partial charge on any atom is 0.414 e. The average Bonchev–Trinajstić information content (AvgIpc) is 3.00. The number of rotatable bonds is 5. The summed E-state index contributed by atoms with van der Waals surface area (Å²) in [6.45, 7) is 3.42. The molecule has 2 aliphatic rings. The van der Waals surface area contributed by atoms with Crippen LogP contribution < -0.4 is 9.80 Å². The van der Waals surface area contributed by atoms with Crippen LogP contribution >= 0.6 is 0 Å². The van der Waals surface area contributed by atoms with Crippen molar-refractivity contribution in [2.24, 2.45) is 5.29 Å². The van der Waals surface area contributed by atoms with Crippen molar-refractivity contribution in [1.29, 1.82) is 0 Å². The molecular formula is C16H19FN4O5. The van der Waals surface area contributed by atoms with Gasteiger partial charge in [-0.2, -0.15) is 5.01 Å². The molecule has 140 valence electrons. The molecule has 1 atom stereocenters. The Morgan fingerprint density at radius 1 is 1.38 bits per heavy atom. The number of hydrogen-bond acceptors (Lipinski definition) is 7. The molecule has 26 heavy (non-hydrogen) atoms. The van der Waals surface area contributed by atoms with Gasteiger partial charge in [-0.1, -0.05) is 0 Å². The third kappa shape index (κ3) is 3.74. The fraction of sp³-hybridized carbons (Fsp3) is 0.500. The minimum absolute atomic E-state index is 0.0917. The minimum atomic E-state index is -0.717. The molecule has 0 bridgehead atoms. The molecule has 9 nitrogen and oxygen atoms in total. The Kier molecular flexibility index (Phi) is 5.31. The van der Waals surface area contributed by atoms with Gasteiger partial charge in [0.05, 0.1) is 43.0 Å². The summed E-state index contributed by atoms with van der Waals surface area (Å²) in [7, 11) is 0. The second-order valence-corrected chi connectivity index (χ2v) is 6.03. The van der Waals surface area contributed by atoms with E-state index in [4.69, 9.17) is 9.47 Å². The molecule has 1 aromatic rings. The molecule has 0 aromatic heterocycles. The average molecular weight is 366 g/mol. The molecule has 0 aliphatic carbocycles. The van der Waals surface area contributed by atoms with E-state index >= 15 is 0 Å². The molecular weight excluding hydrogens is 347 g/mol. The second-order valence-electron chi connectivity index (χ2n) is 6.03. The van der Waals surface area contributed by atoms with Gasteiger partial charge in [-0.05, 0) is 18.2 Å². The molecule has 3 rings (SSSR count). The van der Waals surface area contributed by atoms with Gasteiger partial charge >= 0.3 is 6.09 Å². The van der Waals surface area contributed by atoms with Crippen LogP contribution in [0, 0.1) is 10.7 Å². The van der Waals surface area contributed by atoms with Crippen LogP contribution in [-0.4, -0.2) is 62.5 Å². The zero-order chi connectivity index (χ0) is 18.7. The molecule has 0 unspecified atom stereocenters. The SMILES string of the molecule is CC(=O)N(C[C@H]1CN(c2ccc(N3CCOCC3)c(F)c2)C(=O)O1)N=O. The van der Waals surface area contributed by atoms with Gasteiger partial charge in [-0.15, -0.1) is 4.91 Å². The predicted molar refractivity (Wildman–Crippen MR) is 90.2 cm³/mol. The fourth-order valence-electron chi connectivity index (χ4n) is 2.96. The first-order valence-electron chi connectivity index (χ1n) is 8.21. The molecule has 2 saturated heterocycles. The monoisotopic (exact) mass is 366 g/mol. The van der Waals surface area contributed by atoms with Gasteiger partial charge in [0.2, 0.25) is 5.91 Å². The van der Waals surface area contributed by atoms with Crippen LogP contribution in [0.5, 0.6) is 0 Å². The maximum absolute atomic E-state index is 14.5. The van der Waals surface area contributed by atoms with Gasteiger partial charge in [0.15, 0.2) is 0 Å². The van der Waals surface area contributed by atoms with Gasteiger partial charge in [0.1, 0.15) is 11.9 Å². The number of hydrogen-bond donors (Lipinski definition) is 0. The van der Waals surface area contributed by atoms with Crippen molar-refractivity contribution < 1.29 is 23.5 Å². The number of nitroso groups, excluding NO2 is 1. The normalized spacial score (nSPS) is 20.1. The van der Waals surface area contributed by atoms with E-state index in [1.165, 1.54) is 17.9 Å². The number of amides is 2. The molecule has 1 aromatic carbocycles. The molecule has 2 fully saturated rings. The molecule has 0 radical (unpaired) electrons. The van der Waals surface area contributed by atoms with Crippen LogP contribution in [0.15, 0.2) is 23.5 Å². The molecule has 2 heterocycles. The number of carbonyl (C=O) groups excluding carboxylic acids is 2. The molecule has 2 amide bonds. The Balaban J connectivity index is 1.70. The van der Waals surface area contributed by atoms with E-state index in [2.05, 4.69) is 5.29 Å². The van der Waals surface area contributed by atoms with Gasteiger partial charge in [-0.3, -0.25) is 9.69 Å². The summed E-state index contributed by atoms with van der Waals surface area (Å²) in [5, 5.41) is 3.28. The highest BCUT2D eigenvalue weighted by atomic mass is 19.1. The third-order valence-corrected chi connectivity index (χ3v) is 4.31. The minimum Gasteiger partial charge on any atom is -0.442 e. The summed E-state index contributed by atoms with van der Waals surface area (Å²) < 4.78 is 24.9. The van der Waals surface area contributed by atoms with Crippen molar-refractivity contribution in [3.8, 4) is 0 Å². The maximum atomic E-state index is 14.5. The first-order valence-corrected chi connectivity index (χ1v) is 8.21. The summed E-state index contributed by atoms with van der Waals surface area (Å²) in [6, 6.07) is 4.53. The van der Waals surface area contributed by atoms with Crippen LogP contribution in [0.2, 0.25) is 0 Å². The van der Waals surface area contributed by atoms with Crippen LogP contribution in [0.25, 0.3) is 0 Å². The number of carbonyl (C=O) groups is 2. The number of benzene rings is 1. The topological polar surface area (TPSA) is 91.8 Å².